The third kappa shape index (κ3) is 2.85. The molecule has 0 aliphatic rings. The molecule has 0 N–H and O–H groups in total. The molecule has 0 aliphatic carbocycles. The highest BCUT2D eigenvalue weighted by Gasteiger charge is 2.14. The lowest BCUT2D eigenvalue weighted by Crippen LogP contribution is -2.24. The number of aromatic nitrogens is 1. The van der Waals surface area contributed by atoms with Gasteiger partial charge in [-0.2, -0.15) is 0 Å². The second kappa shape index (κ2) is 5.71. The largest absolute Gasteiger partial charge is 0.550 e. The smallest absolute Gasteiger partial charge is 0.170 e. The lowest BCUT2D eigenvalue weighted by molar-refractivity contribution is -0.304. The zero-order chi connectivity index (χ0) is 13.8. The van der Waals surface area contributed by atoms with E-state index < -0.39 is 5.97 Å². The fourth-order valence-electron chi connectivity index (χ4n) is 1.72. The van der Waals surface area contributed by atoms with Gasteiger partial charge in [0, 0.05) is 17.8 Å². The van der Waals surface area contributed by atoms with Gasteiger partial charge in [-0.3, -0.25) is 0 Å². The van der Waals surface area contributed by atoms with Gasteiger partial charge in [0.15, 0.2) is 11.5 Å². The Morgan fingerprint density at radius 2 is 2.16 bits per heavy atom. The summed E-state index contributed by atoms with van der Waals surface area (Å²) in [5.41, 5.74) is 1.25. The van der Waals surface area contributed by atoms with Crippen molar-refractivity contribution < 1.29 is 19.4 Å². The first kappa shape index (κ1) is 13.4. The average molecular weight is 278 g/mol. The quantitative estimate of drug-likeness (QED) is 0.819. The van der Waals surface area contributed by atoms with Gasteiger partial charge < -0.3 is 19.4 Å². The van der Waals surface area contributed by atoms with Crippen LogP contribution in [0.25, 0.3) is 10.6 Å². The Bertz CT molecular complexity index is 594. The summed E-state index contributed by atoms with van der Waals surface area (Å²) in [5.74, 6) is 0.0467. The van der Waals surface area contributed by atoms with Crippen molar-refractivity contribution >= 4 is 17.3 Å². The standard InChI is InChI=1S/C13H13NO4S/c1-17-10-5-3-4-9(12(10)18-2)13-14-8(7-19-13)6-11(15)16/h3-5,7H,6H2,1-2H3,(H,15,16)/p-1. The minimum Gasteiger partial charge on any atom is -0.550 e. The molecule has 6 heteroatoms. The zero-order valence-electron chi connectivity index (χ0n) is 10.5. The predicted octanol–water partition coefficient (Wildman–Crippen LogP) is 1.12. The fourth-order valence-corrected chi connectivity index (χ4v) is 2.56. The molecule has 100 valence electrons. The number of hydrogen-bond donors (Lipinski definition) is 0. The number of thiazole rings is 1. The van der Waals surface area contributed by atoms with Gasteiger partial charge in [-0.15, -0.1) is 11.3 Å². The van der Waals surface area contributed by atoms with Crippen molar-refractivity contribution in [2.75, 3.05) is 14.2 Å². The molecule has 0 atom stereocenters. The van der Waals surface area contributed by atoms with Crippen LogP contribution in [-0.4, -0.2) is 25.2 Å². The number of methoxy groups -OCH3 is 2. The number of carboxylic acid groups (broad SMARTS) is 1. The number of carboxylic acids is 1. The number of benzene rings is 1. The molecule has 0 fully saturated rings. The van der Waals surface area contributed by atoms with Gasteiger partial charge in [-0.1, -0.05) is 6.07 Å². The van der Waals surface area contributed by atoms with Crippen molar-refractivity contribution in [1.29, 1.82) is 0 Å². The first-order chi connectivity index (χ1) is 9.15. The van der Waals surface area contributed by atoms with E-state index in [4.69, 9.17) is 9.47 Å². The Kier molecular flexibility index (Phi) is 4.01. The summed E-state index contributed by atoms with van der Waals surface area (Å²) in [6, 6.07) is 5.47. The van der Waals surface area contributed by atoms with Gasteiger partial charge >= 0.3 is 0 Å². The van der Waals surface area contributed by atoms with Crippen molar-refractivity contribution in [2.45, 2.75) is 6.42 Å². The number of nitrogens with zero attached hydrogens (tertiary/aromatic N) is 1. The maximum Gasteiger partial charge on any atom is 0.170 e. The van der Waals surface area contributed by atoms with Crippen LogP contribution in [0.5, 0.6) is 11.5 Å². The molecule has 0 bridgehead atoms. The number of ether oxygens (including phenoxy) is 2. The molecule has 1 aromatic carbocycles. The maximum atomic E-state index is 10.5. The van der Waals surface area contributed by atoms with Gasteiger partial charge in [0.05, 0.1) is 25.5 Å². The Balaban J connectivity index is 2.41. The number of carbonyl (C=O) groups excluding carboxylic acids is 1. The molecular formula is C13H12NO4S-. The molecule has 0 aliphatic heterocycles. The molecule has 0 spiro atoms. The van der Waals surface area contributed by atoms with Crippen molar-refractivity contribution in [3.05, 3.63) is 29.3 Å². The molecule has 0 saturated heterocycles. The van der Waals surface area contributed by atoms with Crippen LogP contribution in [0, 0.1) is 0 Å². The van der Waals surface area contributed by atoms with Crippen LogP contribution in [0.1, 0.15) is 5.69 Å². The van der Waals surface area contributed by atoms with E-state index in [-0.39, 0.29) is 6.42 Å². The molecule has 1 heterocycles. The first-order valence-electron chi connectivity index (χ1n) is 5.51. The van der Waals surface area contributed by atoms with E-state index in [9.17, 15) is 9.90 Å². The molecule has 0 radical (unpaired) electrons. The molecule has 2 rings (SSSR count). The summed E-state index contributed by atoms with van der Waals surface area (Å²) in [6.07, 6.45) is -0.192. The number of carbonyl (C=O) groups is 1. The van der Waals surface area contributed by atoms with E-state index in [2.05, 4.69) is 4.98 Å². The number of hydrogen-bond acceptors (Lipinski definition) is 6. The first-order valence-corrected chi connectivity index (χ1v) is 6.39. The van der Waals surface area contributed by atoms with Crippen LogP contribution in [0.15, 0.2) is 23.6 Å². The summed E-state index contributed by atoms with van der Waals surface area (Å²) in [6.45, 7) is 0. The maximum absolute atomic E-state index is 10.5. The number of aliphatic carboxylic acids is 1. The van der Waals surface area contributed by atoms with Crippen LogP contribution in [0.2, 0.25) is 0 Å². The Morgan fingerprint density at radius 3 is 2.79 bits per heavy atom. The van der Waals surface area contributed by atoms with E-state index in [1.165, 1.54) is 11.3 Å². The van der Waals surface area contributed by atoms with Crippen LogP contribution < -0.4 is 14.6 Å². The highest BCUT2D eigenvalue weighted by atomic mass is 32.1. The number of para-hydroxylation sites is 1. The molecule has 0 saturated carbocycles. The van der Waals surface area contributed by atoms with Gasteiger partial charge in [-0.05, 0) is 12.1 Å². The van der Waals surface area contributed by atoms with E-state index >= 15 is 0 Å². The summed E-state index contributed by atoms with van der Waals surface area (Å²) >= 11 is 1.36. The van der Waals surface area contributed by atoms with Gasteiger partial charge in [0.2, 0.25) is 0 Å². The summed E-state index contributed by atoms with van der Waals surface area (Å²) in [4.78, 5) is 14.8. The van der Waals surface area contributed by atoms with Crippen molar-refractivity contribution in [3.8, 4) is 22.1 Å². The Hall–Kier alpha value is -2.08. The third-order valence-corrected chi connectivity index (χ3v) is 3.43. The average Bonchev–Trinajstić information content (AvgIpc) is 2.85. The van der Waals surface area contributed by atoms with E-state index in [1.807, 2.05) is 12.1 Å². The molecular weight excluding hydrogens is 266 g/mol. The minimum atomic E-state index is -1.14. The predicted molar refractivity (Wildman–Crippen MR) is 69.4 cm³/mol. The van der Waals surface area contributed by atoms with E-state index in [0.29, 0.717) is 22.2 Å². The second-order valence-corrected chi connectivity index (χ2v) is 4.59. The zero-order valence-corrected chi connectivity index (χ0v) is 11.3. The number of rotatable bonds is 5. The van der Waals surface area contributed by atoms with Crippen LogP contribution in [0.3, 0.4) is 0 Å². The van der Waals surface area contributed by atoms with Crippen molar-refractivity contribution in [3.63, 3.8) is 0 Å². The fraction of sp³-hybridized carbons (Fsp3) is 0.231. The van der Waals surface area contributed by atoms with E-state index in [1.54, 1.807) is 25.7 Å². The van der Waals surface area contributed by atoms with Crippen LogP contribution in [0.4, 0.5) is 0 Å². The lowest BCUT2D eigenvalue weighted by atomic mass is 10.2. The topological polar surface area (TPSA) is 71.5 Å². The molecule has 5 nitrogen and oxygen atoms in total. The highest BCUT2D eigenvalue weighted by molar-refractivity contribution is 7.13. The summed E-state index contributed by atoms with van der Waals surface area (Å²) in [5, 5.41) is 12.9. The monoisotopic (exact) mass is 278 g/mol. The van der Waals surface area contributed by atoms with Gasteiger partial charge in [0.25, 0.3) is 0 Å². The van der Waals surface area contributed by atoms with Crippen LogP contribution >= 0.6 is 11.3 Å². The second-order valence-electron chi connectivity index (χ2n) is 3.73. The Morgan fingerprint density at radius 1 is 1.37 bits per heavy atom. The van der Waals surface area contributed by atoms with Gasteiger partial charge in [-0.25, -0.2) is 4.98 Å². The van der Waals surface area contributed by atoms with Crippen molar-refractivity contribution in [1.82, 2.24) is 4.98 Å². The SMILES string of the molecule is COc1cccc(-c2nc(CC(=O)[O-])cs2)c1OC. The molecule has 2 aromatic rings. The minimum absolute atomic E-state index is 0.192. The Labute approximate surface area is 114 Å². The van der Waals surface area contributed by atoms with Crippen molar-refractivity contribution in [2.24, 2.45) is 0 Å². The third-order valence-electron chi connectivity index (χ3n) is 2.51. The summed E-state index contributed by atoms with van der Waals surface area (Å²) < 4.78 is 10.5. The normalized spacial score (nSPS) is 10.2. The van der Waals surface area contributed by atoms with Crippen LogP contribution in [-0.2, 0) is 11.2 Å². The molecule has 0 amide bonds. The highest BCUT2D eigenvalue weighted by Crippen LogP contribution is 2.38. The molecule has 19 heavy (non-hydrogen) atoms. The lowest BCUT2D eigenvalue weighted by Gasteiger charge is -2.10. The van der Waals surface area contributed by atoms with E-state index in [0.717, 1.165) is 5.56 Å². The van der Waals surface area contributed by atoms with Gasteiger partial charge in [0.1, 0.15) is 5.01 Å². The summed E-state index contributed by atoms with van der Waals surface area (Å²) in [7, 11) is 3.11. The molecule has 0 unspecified atom stereocenters. The molecule has 1 aromatic heterocycles.